The van der Waals surface area contributed by atoms with Crippen LogP contribution in [-0.2, 0) is 20.9 Å². The third-order valence-corrected chi connectivity index (χ3v) is 4.87. The van der Waals surface area contributed by atoms with Crippen LogP contribution in [-0.4, -0.2) is 29.0 Å². The van der Waals surface area contributed by atoms with E-state index in [0.29, 0.717) is 5.01 Å². The zero-order valence-corrected chi connectivity index (χ0v) is 16.4. The number of rotatable bonds is 6. The van der Waals surface area contributed by atoms with Gasteiger partial charge in [0.1, 0.15) is 5.01 Å². The van der Waals surface area contributed by atoms with Gasteiger partial charge in [0.15, 0.2) is 6.10 Å². The molecule has 0 saturated heterocycles. The van der Waals surface area contributed by atoms with Crippen LogP contribution in [0.1, 0.15) is 17.5 Å². The Kier molecular flexibility index (Phi) is 6.70. The van der Waals surface area contributed by atoms with Crippen molar-refractivity contribution in [2.75, 3.05) is 0 Å². The first-order chi connectivity index (χ1) is 14.0. The summed E-state index contributed by atoms with van der Waals surface area (Å²) < 4.78 is 6.04. The van der Waals surface area contributed by atoms with Crippen LogP contribution < -0.4 is 10.6 Å². The van der Waals surface area contributed by atoms with Crippen molar-refractivity contribution in [3.05, 3.63) is 71.2 Å². The van der Waals surface area contributed by atoms with E-state index in [1.54, 1.807) is 0 Å². The predicted octanol–water partition coefficient (Wildman–Crippen LogP) is 3.27. The molecule has 0 radical (unpaired) electrons. The number of hydrogen-bond donors (Lipinski definition) is 2. The van der Waals surface area contributed by atoms with Crippen molar-refractivity contribution in [1.82, 2.24) is 15.6 Å². The molecule has 8 heteroatoms. The number of esters is 1. The number of fused-ring (bicyclic) bond motifs is 1. The lowest BCUT2D eigenvalue weighted by Crippen LogP contribution is -2.44. The third-order valence-electron chi connectivity index (χ3n) is 3.87. The largest absolute Gasteiger partial charge is 0.449 e. The second-order valence-corrected chi connectivity index (χ2v) is 7.15. The number of amides is 3. The molecule has 0 aliphatic carbocycles. The molecule has 7 nitrogen and oxygen atoms in total. The van der Waals surface area contributed by atoms with E-state index in [0.717, 1.165) is 15.8 Å². The van der Waals surface area contributed by atoms with Crippen LogP contribution in [0.5, 0.6) is 0 Å². The summed E-state index contributed by atoms with van der Waals surface area (Å²) in [5.74, 6) is -1.41. The summed E-state index contributed by atoms with van der Waals surface area (Å²) in [4.78, 5) is 40.1. The fraction of sp³-hybridized carbons (Fsp3) is 0.143. The molecule has 0 spiro atoms. The lowest BCUT2D eigenvalue weighted by molar-refractivity contribution is -0.149. The quantitative estimate of drug-likeness (QED) is 0.481. The SMILES string of the molecule is C[C@@H](OC(=O)/C=C/c1nc2ccccc2s1)C(=O)NC(=O)NCc1ccccc1. The second kappa shape index (κ2) is 9.61. The molecule has 0 fully saturated rings. The average molecular weight is 409 g/mol. The van der Waals surface area contributed by atoms with Gasteiger partial charge in [0.25, 0.3) is 5.91 Å². The number of ether oxygens (including phenoxy) is 1. The maximum absolute atomic E-state index is 12.0. The Hall–Kier alpha value is -3.52. The number of aromatic nitrogens is 1. The number of nitrogens with one attached hydrogen (secondary N) is 2. The summed E-state index contributed by atoms with van der Waals surface area (Å²) in [6, 6.07) is 16.2. The highest BCUT2D eigenvalue weighted by atomic mass is 32.1. The Labute approximate surface area is 171 Å². The Bertz CT molecular complexity index is 1010. The monoisotopic (exact) mass is 409 g/mol. The number of hydrogen-bond acceptors (Lipinski definition) is 6. The minimum Gasteiger partial charge on any atom is -0.449 e. The molecule has 1 aromatic heterocycles. The van der Waals surface area contributed by atoms with Crippen molar-refractivity contribution >= 4 is 45.5 Å². The lowest BCUT2D eigenvalue weighted by atomic mass is 10.2. The molecule has 1 heterocycles. The number of urea groups is 1. The summed E-state index contributed by atoms with van der Waals surface area (Å²) in [6.45, 7) is 1.67. The summed E-state index contributed by atoms with van der Waals surface area (Å²) in [6.07, 6.45) is 1.62. The van der Waals surface area contributed by atoms with E-state index in [1.807, 2.05) is 54.6 Å². The number of carbonyl (C=O) groups excluding carboxylic acids is 3. The van der Waals surface area contributed by atoms with E-state index in [2.05, 4.69) is 15.6 Å². The van der Waals surface area contributed by atoms with Gasteiger partial charge in [0.05, 0.1) is 10.2 Å². The van der Waals surface area contributed by atoms with E-state index >= 15 is 0 Å². The molecule has 3 aromatic rings. The van der Waals surface area contributed by atoms with E-state index < -0.39 is 24.0 Å². The van der Waals surface area contributed by atoms with Gasteiger partial charge in [-0.1, -0.05) is 42.5 Å². The zero-order valence-electron chi connectivity index (χ0n) is 15.6. The molecule has 2 aromatic carbocycles. The van der Waals surface area contributed by atoms with Crippen molar-refractivity contribution in [1.29, 1.82) is 0 Å². The van der Waals surface area contributed by atoms with Crippen LogP contribution >= 0.6 is 11.3 Å². The maximum Gasteiger partial charge on any atom is 0.331 e. The third kappa shape index (κ3) is 5.98. The number of carbonyl (C=O) groups is 3. The topological polar surface area (TPSA) is 97.4 Å². The first-order valence-electron chi connectivity index (χ1n) is 8.88. The molecule has 148 valence electrons. The molecule has 2 N–H and O–H groups in total. The summed E-state index contributed by atoms with van der Waals surface area (Å²) in [5.41, 5.74) is 1.74. The fourth-order valence-corrected chi connectivity index (χ4v) is 3.27. The second-order valence-electron chi connectivity index (χ2n) is 6.09. The van der Waals surface area contributed by atoms with Gasteiger partial charge < -0.3 is 10.1 Å². The van der Waals surface area contributed by atoms with Crippen LogP contribution in [0.3, 0.4) is 0 Å². The van der Waals surface area contributed by atoms with Gasteiger partial charge in [-0.2, -0.15) is 0 Å². The Morgan fingerprint density at radius 2 is 1.83 bits per heavy atom. The van der Waals surface area contributed by atoms with Gasteiger partial charge in [-0.15, -0.1) is 11.3 Å². The number of nitrogens with zero attached hydrogens (tertiary/aromatic N) is 1. The summed E-state index contributed by atoms with van der Waals surface area (Å²) in [5, 5.41) is 5.36. The molecule has 29 heavy (non-hydrogen) atoms. The number of para-hydroxylation sites is 1. The average Bonchev–Trinajstić information content (AvgIpc) is 3.14. The lowest BCUT2D eigenvalue weighted by Gasteiger charge is -2.12. The standard InChI is InChI=1S/C21H19N3O4S/c1-14(20(26)24-21(27)22-13-15-7-3-2-4-8-15)28-19(25)12-11-18-23-16-9-5-6-10-17(16)29-18/h2-12,14H,13H2,1H3,(H2,22,24,26,27)/b12-11+/t14-/m1/s1. The molecule has 0 saturated carbocycles. The smallest absolute Gasteiger partial charge is 0.331 e. The highest BCUT2D eigenvalue weighted by Crippen LogP contribution is 2.22. The van der Waals surface area contributed by atoms with Gasteiger partial charge >= 0.3 is 12.0 Å². The molecule has 3 amide bonds. The number of imide groups is 1. The van der Waals surface area contributed by atoms with Crippen molar-refractivity contribution in [2.45, 2.75) is 19.6 Å². The predicted molar refractivity (Wildman–Crippen MR) is 111 cm³/mol. The minimum atomic E-state index is -1.12. The van der Waals surface area contributed by atoms with Crippen molar-refractivity contribution in [3.8, 4) is 0 Å². The van der Waals surface area contributed by atoms with Crippen molar-refractivity contribution in [3.63, 3.8) is 0 Å². The molecule has 0 bridgehead atoms. The molecule has 1 atom stereocenters. The van der Waals surface area contributed by atoms with Crippen LogP contribution in [0.15, 0.2) is 60.7 Å². The Morgan fingerprint density at radius 3 is 2.59 bits per heavy atom. The number of thiazole rings is 1. The summed E-state index contributed by atoms with van der Waals surface area (Å²) in [7, 11) is 0. The normalized spacial score (nSPS) is 11.9. The van der Waals surface area contributed by atoms with Crippen LogP contribution in [0.25, 0.3) is 16.3 Å². The van der Waals surface area contributed by atoms with E-state index in [-0.39, 0.29) is 6.54 Å². The first kappa shape index (κ1) is 20.2. The maximum atomic E-state index is 12.0. The van der Waals surface area contributed by atoms with Crippen molar-refractivity contribution < 1.29 is 19.1 Å². The van der Waals surface area contributed by atoms with Gasteiger partial charge in [-0.3, -0.25) is 10.1 Å². The van der Waals surface area contributed by atoms with Crippen LogP contribution in [0.2, 0.25) is 0 Å². The van der Waals surface area contributed by atoms with Gasteiger partial charge in [0.2, 0.25) is 0 Å². The highest BCUT2D eigenvalue weighted by molar-refractivity contribution is 7.19. The molecule has 0 aliphatic rings. The molecular weight excluding hydrogens is 390 g/mol. The van der Waals surface area contributed by atoms with Crippen LogP contribution in [0, 0.1) is 0 Å². The Balaban J connectivity index is 1.45. The fourth-order valence-electron chi connectivity index (χ4n) is 2.40. The molecule has 0 unspecified atom stereocenters. The van der Waals surface area contributed by atoms with Gasteiger partial charge in [-0.25, -0.2) is 14.6 Å². The van der Waals surface area contributed by atoms with Gasteiger partial charge in [-0.05, 0) is 30.7 Å². The molecule has 0 aliphatic heterocycles. The first-order valence-corrected chi connectivity index (χ1v) is 9.70. The molecule has 3 rings (SSSR count). The summed E-state index contributed by atoms with van der Waals surface area (Å²) >= 11 is 1.44. The van der Waals surface area contributed by atoms with E-state index in [9.17, 15) is 14.4 Å². The Morgan fingerprint density at radius 1 is 1.10 bits per heavy atom. The van der Waals surface area contributed by atoms with Crippen LogP contribution in [0.4, 0.5) is 4.79 Å². The highest BCUT2D eigenvalue weighted by Gasteiger charge is 2.19. The zero-order chi connectivity index (χ0) is 20.6. The minimum absolute atomic E-state index is 0.277. The number of benzene rings is 2. The van der Waals surface area contributed by atoms with Gasteiger partial charge in [0, 0.05) is 12.6 Å². The molecular formula is C21H19N3O4S. The van der Waals surface area contributed by atoms with E-state index in [1.165, 1.54) is 30.4 Å². The van der Waals surface area contributed by atoms with Crippen molar-refractivity contribution in [2.24, 2.45) is 0 Å². The van der Waals surface area contributed by atoms with E-state index in [4.69, 9.17) is 4.74 Å².